The first kappa shape index (κ1) is 9.66. The number of rotatable bonds is 3. The standard InChI is InChI=1S/C8H6N4O2S/c1-14-8-6(9-2-3-10-8)7(13)5-4-11-15-12-5/h2-4H,1H3. The summed E-state index contributed by atoms with van der Waals surface area (Å²) in [5, 5.41) is 0. The van der Waals surface area contributed by atoms with Gasteiger partial charge in [0, 0.05) is 12.4 Å². The van der Waals surface area contributed by atoms with Gasteiger partial charge in [-0.1, -0.05) is 0 Å². The molecular formula is C8H6N4O2S. The zero-order valence-electron chi connectivity index (χ0n) is 7.75. The fourth-order valence-corrected chi connectivity index (χ4v) is 1.43. The Morgan fingerprint density at radius 1 is 1.40 bits per heavy atom. The van der Waals surface area contributed by atoms with Crippen LogP contribution in [0.2, 0.25) is 0 Å². The molecule has 7 heteroatoms. The van der Waals surface area contributed by atoms with Crippen LogP contribution in [0.4, 0.5) is 0 Å². The first-order valence-electron chi connectivity index (χ1n) is 4.00. The topological polar surface area (TPSA) is 77.9 Å². The summed E-state index contributed by atoms with van der Waals surface area (Å²) >= 11 is 0.966. The molecule has 0 unspecified atom stereocenters. The summed E-state index contributed by atoms with van der Waals surface area (Å²) in [6, 6.07) is 0. The number of nitrogens with zero attached hydrogens (tertiary/aromatic N) is 4. The quantitative estimate of drug-likeness (QED) is 0.706. The second kappa shape index (κ2) is 4.09. The number of carbonyl (C=O) groups is 1. The third-order valence-corrected chi connectivity index (χ3v) is 2.15. The molecule has 6 nitrogen and oxygen atoms in total. The second-order valence-electron chi connectivity index (χ2n) is 2.54. The van der Waals surface area contributed by atoms with Gasteiger partial charge >= 0.3 is 0 Å². The Balaban J connectivity index is 2.42. The predicted octanol–water partition coefficient (Wildman–Crippen LogP) is 0.568. The van der Waals surface area contributed by atoms with E-state index in [0.29, 0.717) is 0 Å². The van der Waals surface area contributed by atoms with E-state index in [4.69, 9.17) is 4.74 Å². The summed E-state index contributed by atoms with van der Waals surface area (Å²) in [6.07, 6.45) is 4.27. The fraction of sp³-hybridized carbons (Fsp3) is 0.125. The van der Waals surface area contributed by atoms with Gasteiger partial charge in [-0.3, -0.25) is 4.79 Å². The molecule has 0 aliphatic heterocycles. The van der Waals surface area contributed by atoms with E-state index in [2.05, 4.69) is 18.7 Å². The van der Waals surface area contributed by atoms with E-state index in [-0.39, 0.29) is 23.1 Å². The molecule has 2 rings (SSSR count). The second-order valence-corrected chi connectivity index (χ2v) is 3.09. The van der Waals surface area contributed by atoms with Gasteiger partial charge < -0.3 is 4.74 Å². The lowest BCUT2D eigenvalue weighted by atomic mass is 10.2. The number of ether oxygens (including phenoxy) is 1. The summed E-state index contributed by atoms with van der Waals surface area (Å²) in [5.74, 6) is -0.149. The fourth-order valence-electron chi connectivity index (χ4n) is 1.02. The Morgan fingerprint density at radius 2 is 2.20 bits per heavy atom. The van der Waals surface area contributed by atoms with Crippen molar-refractivity contribution in [3.8, 4) is 5.88 Å². The zero-order valence-corrected chi connectivity index (χ0v) is 8.56. The average molecular weight is 222 g/mol. The molecule has 0 spiro atoms. The SMILES string of the molecule is COc1nccnc1C(=O)c1cnsn1. The zero-order chi connectivity index (χ0) is 10.7. The lowest BCUT2D eigenvalue weighted by molar-refractivity contribution is 0.102. The third kappa shape index (κ3) is 1.82. The van der Waals surface area contributed by atoms with Crippen molar-refractivity contribution in [1.29, 1.82) is 0 Å². The summed E-state index contributed by atoms with van der Waals surface area (Å²) < 4.78 is 12.5. The van der Waals surface area contributed by atoms with E-state index < -0.39 is 0 Å². The molecule has 2 heterocycles. The predicted molar refractivity (Wildman–Crippen MR) is 51.9 cm³/mol. The van der Waals surface area contributed by atoms with Crippen LogP contribution in [0, 0.1) is 0 Å². The molecule has 0 N–H and O–H groups in total. The largest absolute Gasteiger partial charge is 0.479 e. The van der Waals surface area contributed by atoms with Gasteiger partial charge in [0.25, 0.3) is 0 Å². The van der Waals surface area contributed by atoms with Gasteiger partial charge in [0.05, 0.1) is 25.0 Å². The number of ketones is 1. The van der Waals surface area contributed by atoms with Crippen LogP contribution in [-0.2, 0) is 0 Å². The molecule has 0 aromatic carbocycles. The van der Waals surface area contributed by atoms with Crippen molar-refractivity contribution >= 4 is 17.5 Å². The van der Waals surface area contributed by atoms with Crippen LogP contribution >= 0.6 is 11.7 Å². The third-order valence-electron chi connectivity index (χ3n) is 1.67. The maximum atomic E-state index is 11.8. The number of hydrogen-bond donors (Lipinski definition) is 0. The summed E-state index contributed by atoms with van der Waals surface area (Å²) in [4.78, 5) is 19.6. The Bertz CT molecular complexity index is 471. The average Bonchev–Trinajstić information content (AvgIpc) is 2.81. The summed E-state index contributed by atoms with van der Waals surface area (Å²) in [7, 11) is 1.43. The molecule has 0 bridgehead atoms. The molecule has 2 aromatic heterocycles. The maximum Gasteiger partial charge on any atom is 0.243 e. The molecule has 0 saturated carbocycles. The Hall–Kier alpha value is -1.89. The minimum absolute atomic E-state index is 0.146. The van der Waals surface area contributed by atoms with Gasteiger partial charge in [-0.15, -0.1) is 0 Å². The van der Waals surface area contributed by atoms with Gasteiger partial charge in [-0.25, -0.2) is 9.97 Å². The summed E-state index contributed by atoms with van der Waals surface area (Å²) in [6.45, 7) is 0. The van der Waals surface area contributed by atoms with Gasteiger partial charge in [-0.2, -0.15) is 8.75 Å². The van der Waals surface area contributed by atoms with E-state index in [1.807, 2.05) is 0 Å². The van der Waals surface area contributed by atoms with Gasteiger partial charge in [0.1, 0.15) is 5.69 Å². The van der Waals surface area contributed by atoms with Crippen molar-refractivity contribution in [2.24, 2.45) is 0 Å². The van der Waals surface area contributed by atoms with Crippen molar-refractivity contribution in [2.75, 3.05) is 7.11 Å². The van der Waals surface area contributed by atoms with Crippen LogP contribution in [0.15, 0.2) is 18.6 Å². The molecule has 0 atom stereocenters. The van der Waals surface area contributed by atoms with Gasteiger partial charge in [-0.05, 0) is 0 Å². The van der Waals surface area contributed by atoms with Crippen molar-refractivity contribution in [2.45, 2.75) is 0 Å². The molecule has 0 amide bonds. The number of carbonyl (C=O) groups excluding carboxylic acids is 1. The monoisotopic (exact) mass is 222 g/mol. The molecule has 0 aliphatic carbocycles. The highest BCUT2D eigenvalue weighted by molar-refractivity contribution is 6.99. The van der Waals surface area contributed by atoms with Crippen LogP contribution in [0.1, 0.15) is 16.2 Å². The van der Waals surface area contributed by atoms with Crippen molar-refractivity contribution in [3.05, 3.63) is 30.0 Å². The van der Waals surface area contributed by atoms with Crippen molar-refractivity contribution in [1.82, 2.24) is 18.7 Å². The molecule has 0 saturated heterocycles. The number of hydrogen-bond acceptors (Lipinski definition) is 7. The number of methoxy groups -OCH3 is 1. The lowest BCUT2D eigenvalue weighted by Gasteiger charge is -2.01. The molecular weight excluding hydrogens is 216 g/mol. The van der Waals surface area contributed by atoms with Crippen LogP contribution in [-0.4, -0.2) is 31.6 Å². The van der Waals surface area contributed by atoms with Gasteiger partial charge in [0.2, 0.25) is 11.7 Å². The number of aromatic nitrogens is 4. The Kier molecular flexibility index (Phi) is 2.64. The Morgan fingerprint density at radius 3 is 2.87 bits per heavy atom. The highest BCUT2D eigenvalue weighted by Crippen LogP contribution is 2.14. The van der Waals surface area contributed by atoms with E-state index in [1.54, 1.807) is 0 Å². The normalized spacial score (nSPS) is 9.93. The van der Waals surface area contributed by atoms with E-state index in [1.165, 1.54) is 25.7 Å². The molecule has 76 valence electrons. The molecule has 15 heavy (non-hydrogen) atoms. The van der Waals surface area contributed by atoms with Gasteiger partial charge in [0.15, 0.2) is 5.69 Å². The van der Waals surface area contributed by atoms with E-state index in [0.717, 1.165) is 11.7 Å². The first-order valence-corrected chi connectivity index (χ1v) is 4.73. The Labute approximate surface area is 89.3 Å². The van der Waals surface area contributed by atoms with Crippen LogP contribution in [0.3, 0.4) is 0 Å². The molecule has 2 aromatic rings. The lowest BCUT2D eigenvalue weighted by Crippen LogP contribution is -2.07. The highest BCUT2D eigenvalue weighted by atomic mass is 32.1. The van der Waals surface area contributed by atoms with Crippen molar-refractivity contribution in [3.63, 3.8) is 0 Å². The molecule has 0 radical (unpaired) electrons. The minimum Gasteiger partial charge on any atom is -0.479 e. The minimum atomic E-state index is -0.339. The smallest absolute Gasteiger partial charge is 0.243 e. The van der Waals surface area contributed by atoms with Crippen LogP contribution in [0.5, 0.6) is 5.88 Å². The van der Waals surface area contributed by atoms with Crippen LogP contribution in [0.25, 0.3) is 0 Å². The molecule has 0 fully saturated rings. The highest BCUT2D eigenvalue weighted by Gasteiger charge is 2.18. The van der Waals surface area contributed by atoms with Crippen LogP contribution < -0.4 is 4.74 Å². The maximum absolute atomic E-state index is 11.8. The van der Waals surface area contributed by atoms with E-state index >= 15 is 0 Å². The summed E-state index contributed by atoms with van der Waals surface area (Å²) in [5.41, 5.74) is 0.395. The van der Waals surface area contributed by atoms with Crippen molar-refractivity contribution < 1.29 is 9.53 Å². The van der Waals surface area contributed by atoms with E-state index in [9.17, 15) is 4.79 Å². The first-order chi connectivity index (χ1) is 7.33. The molecule has 0 aliphatic rings.